The molecule has 8 heteroatoms. The number of aromatic nitrogens is 2. The van der Waals surface area contributed by atoms with E-state index in [4.69, 9.17) is 14.7 Å². The summed E-state index contributed by atoms with van der Waals surface area (Å²) in [5.74, 6) is 0.972. The van der Waals surface area contributed by atoms with Crippen molar-refractivity contribution in [2.24, 2.45) is 9.98 Å². The van der Waals surface area contributed by atoms with Crippen LogP contribution in [0.4, 0.5) is 11.5 Å². The van der Waals surface area contributed by atoms with E-state index in [0.29, 0.717) is 31.7 Å². The fraction of sp³-hybridized carbons (Fsp3) is 0.417. The summed E-state index contributed by atoms with van der Waals surface area (Å²) < 4.78 is 6.30. The molecule has 3 heterocycles. The van der Waals surface area contributed by atoms with Crippen LogP contribution in [-0.2, 0) is 19.5 Å². The summed E-state index contributed by atoms with van der Waals surface area (Å²) in [6, 6.07) is 27.1. The minimum atomic E-state index is 0.410. The van der Waals surface area contributed by atoms with Gasteiger partial charge in [0.05, 0.1) is 31.3 Å². The molecule has 4 aromatic rings. The number of ether oxygens (including phenoxy) is 1. The Morgan fingerprint density at radius 2 is 1.84 bits per heavy atom. The SMILES string of the molecule is Cc1cccc2cccc(N3CCc4c(nc(OCC5CCCN5C)nc4N(C)CCCN=C=NCc4ccccc4)C3)c12. The van der Waals surface area contributed by atoms with Gasteiger partial charge in [0.15, 0.2) is 0 Å². The Labute approximate surface area is 261 Å². The van der Waals surface area contributed by atoms with Gasteiger partial charge in [0.25, 0.3) is 0 Å². The van der Waals surface area contributed by atoms with Crippen molar-refractivity contribution in [3.63, 3.8) is 0 Å². The number of likely N-dealkylation sites (N-methyl/N-ethyl adjacent to an activating group) is 1. The summed E-state index contributed by atoms with van der Waals surface area (Å²) in [5.41, 5.74) is 6.00. The zero-order chi connectivity index (χ0) is 30.3. The normalized spacial score (nSPS) is 16.4. The maximum atomic E-state index is 6.30. The van der Waals surface area contributed by atoms with E-state index in [1.807, 2.05) is 18.2 Å². The Bertz CT molecular complexity index is 1630. The molecule has 44 heavy (non-hydrogen) atoms. The van der Waals surface area contributed by atoms with Crippen molar-refractivity contribution in [3.8, 4) is 6.01 Å². The van der Waals surface area contributed by atoms with Crippen LogP contribution in [0.2, 0.25) is 0 Å². The summed E-state index contributed by atoms with van der Waals surface area (Å²) >= 11 is 0. The fourth-order valence-corrected chi connectivity index (χ4v) is 6.41. The van der Waals surface area contributed by atoms with E-state index in [1.165, 1.54) is 34.0 Å². The highest BCUT2D eigenvalue weighted by molar-refractivity contribution is 5.97. The Morgan fingerprint density at radius 3 is 2.66 bits per heavy atom. The van der Waals surface area contributed by atoms with Crippen LogP contribution in [0.25, 0.3) is 10.8 Å². The quantitative estimate of drug-likeness (QED) is 0.154. The van der Waals surface area contributed by atoms with Gasteiger partial charge in [-0.15, -0.1) is 0 Å². The molecule has 8 nitrogen and oxygen atoms in total. The van der Waals surface area contributed by atoms with Gasteiger partial charge in [-0.25, -0.2) is 9.98 Å². The first-order valence-electron chi connectivity index (χ1n) is 15.9. The number of anilines is 2. The first-order chi connectivity index (χ1) is 21.6. The third-order valence-corrected chi connectivity index (χ3v) is 8.90. The van der Waals surface area contributed by atoms with E-state index >= 15 is 0 Å². The lowest BCUT2D eigenvalue weighted by molar-refractivity contribution is 0.187. The number of aryl methyl sites for hydroxylation is 1. The van der Waals surface area contributed by atoms with Gasteiger partial charge >= 0.3 is 6.01 Å². The van der Waals surface area contributed by atoms with Crippen LogP contribution >= 0.6 is 0 Å². The highest BCUT2D eigenvalue weighted by Crippen LogP contribution is 2.35. The Kier molecular flexibility index (Phi) is 9.49. The molecule has 1 saturated heterocycles. The molecule has 1 fully saturated rings. The average molecular weight is 590 g/mol. The maximum Gasteiger partial charge on any atom is 0.318 e. The van der Waals surface area contributed by atoms with Crippen molar-refractivity contribution in [1.82, 2.24) is 14.9 Å². The number of rotatable bonds is 11. The molecule has 0 N–H and O–H groups in total. The number of likely N-dealkylation sites (tertiary alicyclic amines) is 1. The number of benzene rings is 3. The third kappa shape index (κ3) is 6.93. The minimum absolute atomic E-state index is 0.410. The van der Waals surface area contributed by atoms with Gasteiger partial charge < -0.3 is 19.4 Å². The Hall–Kier alpha value is -4.26. The monoisotopic (exact) mass is 589 g/mol. The Morgan fingerprint density at radius 1 is 1.00 bits per heavy atom. The molecule has 1 unspecified atom stereocenters. The molecule has 0 amide bonds. The summed E-state index contributed by atoms with van der Waals surface area (Å²) in [7, 11) is 4.29. The van der Waals surface area contributed by atoms with E-state index in [0.717, 1.165) is 62.5 Å². The second kappa shape index (κ2) is 14.0. The standard InChI is InChI=1S/C36H43N7O/c1-27-11-7-14-29-15-8-17-33(34(27)29)43-22-18-31-32(24-43)39-36(44-25-30-16-9-20-41(30)2)40-35(31)42(3)21-10-19-37-26-38-23-28-12-5-4-6-13-28/h4-8,11-15,17,30H,9-10,16,18-25H2,1-3H3. The molecule has 0 spiro atoms. The van der Waals surface area contributed by atoms with Crippen LogP contribution in [0.5, 0.6) is 6.01 Å². The summed E-state index contributed by atoms with van der Waals surface area (Å²) in [5, 5.41) is 2.59. The van der Waals surface area contributed by atoms with Crippen molar-refractivity contribution >= 4 is 28.3 Å². The topological polar surface area (TPSA) is 69.5 Å². The highest BCUT2D eigenvalue weighted by Gasteiger charge is 2.27. The molecule has 6 rings (SSSR count). The largest absolute Gasteiger partial charge is 0.462 e. The molecular weight excluding hydrogens is 546 g/mol. The molecule has 0 bridgehead atoms. The van der Waals surface area contributed by atoms with Crippen LogP contribution in [0, 0.1) is 6.92 Å². The summed E-state index contributed by atoms with van der Waals surface area (Å²) in [6.07, 6.45) is 4.13. The molecule has 228 valence electrons. The smallest absolute Gasteiger partial charge is 0.318 e. The second-order valence-corrected chi connectivity index (χ2v) is 12.0. The molecule has 0 saturated carbocycles. The van der Waals surface area contributed by atoms with Gasteiger partial charge in [-0.3, -0.25) is 0 Å². The van der Waals surface area contributed by atoms with Crippen molar-refractivity contribution in [3.05, 3.63) is 89.1 Å². The number of hydrogen-bond acceptors (Lipinski definition) is 8. The third-order valence-electron chi connectivity index (χ3n) is 8.90. The van der Waals surface area contributed by atoms with Crippen LogP contribution in [0.1, 0.15) is 41.6 Å². The lowest BCUT2D eigenvalue weighted by atomic mass is 10.00. The fourth-order valence-electron chi connectivity index (χ4n) is 6.41. The van der Waals surface area contributed by atoms with Crippen molar-refractivity contribution in [2.75, 3.05) is 56.7 Å². The second-order valence-electron chi connectivity index (χ2n) is 12.0. The average Bonchev–Trinajstić information content (AvgIpc) is 3.47. The molecule has 2 aliphatic heterocycles. The van der Waals surface area contributed by atoms with Gasteiger partial charge in [0, 0.05) is 42.8 Å². The summed E-state index contributed by atoms with van der Waals surface area (Å²) in [6.45, 7) is 7.67. The number of nitrogens with zero attached hydrogens (tertiary/aromatic N) is 7. The van der Waals surface area contributed by atoms with Gasteiger partial charge in [-0.05, 0) is 68.8 Å². The number of fused-ring (bicyclic) bond motifs is 2. The van der Waals surface area contributed by atoms with Gasteiger partial charge in [0.1, 0.15) is 12.4 Å². The summed E-state index contributed by atoms with van der Waals surface area (Å²) in [4.78, 5) is 25.8. The molecule has 3 aromatic carbocycles. The molecule has 2 aliphatic rings. The van der Waals surface area contributed by atoms with Crippen molar-refractivity contribution in [2.45, 2.75) is 51.7 Å². The molecular formula is C36H43N7O. The van der Waals surface area contributed by atoms with E-state index in [2.05, 4.69) is 100 Å². The predicted octanol–water partition coefficient (Wildman–Crippen LogP) is 6.17. The van der Waals surface area contributed by atoms with Crippen LogP contribution in [-0.4, -0.2) is 73.8 Å². The van der Waals surface area contributed by atoms with Gasteiger partial charge in [0.2, 0.25) is 0 Å². The molecule has 1 atom stereocenters. The highest BCUT2D eigenvalue weighted by atomic mass is 16.5. The Balaban J connectivity index is 1.19. The van der Waals surface area contributed by atoms with Crippen LogP contribution in [0.15, 0.2) is 76.7 Å². The molecule has 0 aliphatic carbocycles. The van der Waals surface area contributed by atoms with E-state index in [9.17, 15) is 0 Å². The van der Waals surface area contributed by atoms with Gasteiger partial charge in [-0.2, -0.15) is 9.97 Å². The number of aliphatic imine (C=N–C) groups is 2. The molecule has 1 aromatic heterocycles. The first kappa shape index (κ1) is 29.8. The minimum Gasteiger partial charge on any atom is -0.462 e. The van der Waals surface area contributed by atoms with Gasteiger partial charge in [-0.1, -0.05) is 60.7 Å². The first-order valence-corrected chi connectivity index (χ1v) is 15.9. The zero-order valence-corrected chi connectivity index (χ0v) is 26.2. The van der Waals surface area contributed by atoms with E-state index < -0.39 is 0 Å². The van der Waals surface area contributed by atoms with Crippen molar-refractivity contribution < 1.29 is 4.74 Å². The zero-order valence-electron chi connectivity index (χ0n) is 26.2. The van der Waals surface area contributed by atoms with Crippen LogP contribution in [0.3, 0.4) is 0 Å². The van der Waals surface area contributed by atoms with E-state index in [-0.39, 0.29) is 0 Å². The number of hydrogen-bond donors (Lipinski definition) is 0. The maximum absolute atomic E-state index is 6.30. The van der Waals surface area contributed by atoms with E-state index in [1.54, 1.807) is 0 Å². The van der Waals surface area contributed by atoms with Crippen molar-refractivity contribution in [1.29, 1.82) is 0 Å². The predicted molar refractivity (Wildman–Crippen MR) is 179 cm³/mol. The van der Waals surface area contributed by atoms with Crippen LogP contribution < -0.4 is 14.5 Å². The lowest BCUT2D eigenvalue weighted by Crippen LogP contribution is -2.34. The lowest BCUT2D eigenvalue weighted by Gasteiger charge is -2.33. The molecule has 0 radical (unpaired) electrons.